The van der Waals surface area contributed by atoms with E-state index in [-0.39, 0.29) is 5.91 Å². The number of aryl methyl sites for hydroxylation is 1. The standard InChI is InChI=1S/C23H20N4OS/c1-17-6-4-7-18(14-17)27-23(25-11-2-3-12-25)20-15-26(16-21(20)24-27)22(28)10-9-19-8-5-13-29-19/h2-14H,15-16H2,1H3. The number of aromatic nitrogens is 3. The zero-order chi connectivity index (χ0) is 19.8. The first-order chi connectivity index (χ1) is 14.2. The van der Waals surface area contributed by atoms with Crippen LogP contribution in [0.4, 0.5) is 0 Å². The first-order valence-corrected chi connectivity index (χ1v) is 10.4. The van der Waals surface area contributed by atoms with Gasteiger partial charge in [-0.25, -0.2) is 4.68 Å². The molecule has 0 atom stereocenters. The van der Waals surface area contributed by atoms with E-state index in [1.165, 1.54) is 5.56 Å². The van der Waals surface area contributed by atoms with Crippen molar-refractivity contribution in [3.8, 4) is 11.5 Å². The second-order valence-electron chi connectivity index (χ2n) is 7.13. The highest BCUT2D eigenvalue weighted by atomic mass is 32.1. The normalized spacial score (nSPS) is 13.3. The van der Waals surface area contributed by atoms with Gasteiger partial charge in [-0.05, 0) is 54.3 Å². The first-order valence-electron chi connectivity index (χ1n) is 9.51. The molecule has 1 aliphatic heterocycles. The molecule has 1 aromatic carbocycles. The van der Waals surface area contributed by atoms with Crippen molar-refractivity contribution in [1.29, 1.82) is 0 Å². The molecule has 144 valence electrons. The van der Waals surface area contributed by atoms with Gasteiger partial charge < -0.3 is 9.47 Å². The van der Waals surface area contributed by atoms with Crippen molar-refractivity contribution in [2.24, 2.45) is 0 Å². The Hall–Kier alpha value is -3.38. The van der Waals surface area contributed by atoms with Gasteiger partial charge >= 0.3 is 0 Å². The Balaban J connectivity index is 1.49. The second-order valence-corrected chi connectivity index (χ2v) is 8.11. The minimum Gasteiger partial charge on any atom is -0.329 e. The summed E-state index contributed by atoms with van der Waals surface area (Å²) in [5.41, 5.74) is 4.26. The summed E-state index contributed by atoms with van der Waals surface area (Å²) in [5.74, 6) is 1.00. The van der Waals surface area contributed by atoms with Crippen LogP contribution in [0.1, 0.15) is 21.7 Å². The van der Waals surface area contributed by atoms with Crippen LogP contribution in [0.3, 0.4) is 0 Å². The monoisotopic (exact) mass is 400 g/mol. The molecule has 0 saturated heterocycles. The number of benzene rings is 1. The molecule has 3 aromatic heterocycles. The number of rotatable bonds is 4. The minimum atomic E-state index is 0.0111. The number of carbonyl (C=O) groups excluding carboxylic acids is 1. The lowest BCUT2D eigenvalue weighted by Crippen LogP contribution is -2.24. The van der Waals surface area contributed by atoms with Gasteiger partial charge in [-0.15, -0.1) is 11.3 Å². The van der Waals surface area contributed by atoms with E-state index in [0.717, 1.165) is 27.6 Å². The molecular formula is C23H20N4OS. The fraction of sp³-hybridized carbons (Fsp3) is 0.130. The second kappa shape index (κ2) is 7.22. The zero-order valence-electron chi connectivity index (χ0n) is 16.0. The maximum Gasteiger partial charge on any atom is 0.247 e. The van der Waals surface area contributed by atoms with Crippen LogP contribution in [0, 0.1) is 6.92 Å². The molecule has 0 radical (unpaired) electrons. The first kappa shape index (κ1) is 17.7. The highest BCUT2D eigenvalue weighted by Gasteiger charge is 2.30. The fourth-order valence-electron chi connectivity index (χ4n) is 3.68. The van der Waals surface area contributed by atoms with Crippen LogP contribution in [0.2, 0.25) is 0 Å². The SMILES string of the molecule is Cc1cccc(-n2nc3c(c2-n2cccc2)CN(C(=O)C=Cc2cccs2)C3)c1. The molecule has 0 aliphatic carbocycles. The third-order valence-corrected chi connectivity index (χ3v) is 5.91. The molecule has 29 heavy (non-hydrogen) atoms. The number of fused-ring (bicyclic) bond motifs is 1. The van der Waals surface area contributed by atoms with Crippen LogP contribution in [0.5, 0.6) is 0 Å². The van der Waals surface area contributed by atoms with Crippen LogP contribution in [0.15, 0.2) is 72.4 Å². The smallest absolute Gasteiger partial charge is 0.247 e. The molecule has 1 aliphatic rings. The van der Waals surface area contributed by atoms with E-state index in [0.29, 0.717) is 13.1 Å². The van der Waals surface area contributed by atoms with E-state index in [1.54, 1.807) is 17.4 Å². The number of hydrogen-bond acceptors (Lipinski definition) is 3. The predicted octanol–water partition coefficient (Wildman–Crippen LogP) is 4.59. The van der Waals surface area contributed by atoms with Crippen LogP contribution in [-0.2, 0) is 17.9 Å². The molecule has 1 amide bonds. The largest absolute Gasteiger partial charge is 0.329 e. The van der Waals surface area contributed by atoms with Gasteiger partial charge in [-0.2, -0.15) is 5.10 Å². The Kier molecular flexibility index (Phi) is 4.41. The minimum absolute atomic E-state index is 0.0111. The summed E-state index contributed by atoms with van der Waals surface area (Å²) in [5, 5.41) is 6.89. The molecule has 0 saturated carbocycles. The van der Waals surface area contributed by atoms with Crippen LogP contribution < -0.4 is 0 Å². The highest BCUT2D eigenvalue weighted by molar-refractivity contribution is 7.10. The summed E-state index contributed by atoms with van der Waals surface area (Å²) >= 11 is 1.62. The molecule has 5 nitrogen and oxygen atoms in total. The maximum atomic E-state index is 12.7. The number of amides is 1. The van der Waals surface area contributed by atoms with Crippen molar-refractivity contribution in [3.63, 3.8) is 0 Å². The Morgan fingerprint density at radius 1 is 1.10 bits per heavy atom. The topological polar surface area (TPSA) is 43.1 Å². The van der Waals surface area contributed by atoms with Crippen molar-refractivity contribution in [2.45, 2.75) is 20.0 Å². The Labute approximate surface area is 173 Å². The quantitative estimate of drug-likeness (QED) is 0.470. The van der Waals surface area contributed by atoms with Crippen LogP contribution >= 0.6 is 11.3 Å². The predicted molar refractivity (Wildman–Crippen MR) is 115 cm³/mol. The molecule has 5 rings (SSSR count). The summed E-state index contributed by atoms with van der Waals surface area (Å²) in [7, 11) is 0. The van der Waals surface area contributed by atoms with E-state index in [1.807, 2.05) is 63.8 Å². The van der Waals surface area contributed by atoms with Crippen molar-refractivity contribution < 1.29 is 4.79 Å². The average Bonchev–Trinajstić information content (AvgIpc) is 3.50. The lowest BCUT2D eigenvalue weighted by molar-refractivity contribution is -0.126. The van der Waals surface area contributed by atoms with Gasteiger partial charge in [0.1, 0.15) is 5.82 Å². The third-order valence-electron chi connectivity index (χ3n) is 5.07. The Bertz CT molecular complexity index is 1190. The van der Waals surface area contributed by atoms with E-state index in [4.69, 9.17) is 5.10 Å². The van der Waals surface area contributed by atoms with Crippen molar-refractivity contribution in [3.05, 3.63) is 94.1 Å². The molecule has 4 heterocycles. The lowest BCUT2D eigenvalue weighted by Gasteiger charge is -2.16. The molecule has 0 unspecified atom stereocenters. The van der Waals surface area contributed by atoms with Gasteiger partial charge in [-0.3, -0.25) is 4.79 Å². The lowest BCUT2D eigenvalue weighted by atomic mass is 10.2. The number of thiophene rings is 1. The molecule has 0 bridgehead atoms. The number of nitrogens with zero attached hydrogens (tertiary/aromatic N) is 4. The maximum absolute atomic E-state index is 12.7. The Morgan fingerprint density at radius 3 is 2.72 bits per heavy atom. The molecule has 6 heteroatoms. The van der Waals surface area contributed by atoms with Gasteiger partial charge in [-0.1, -0.05) is 18.2 Å². The summed E-state index contributed by atoms with van der Waals surface area (Å²) in [6.45, 7) is 3.16. The molecule has 4 aromatic rings. The number of carbonyl (C=O) groups is 1. The highest BCUT2D eigenvalue weighted by Crippen LogP contribution is 2.31. The fourth-order valence-corrected chi connectivity index (χ4v) is 4.30. The van der Waals surface area contributed by atoms with Gasteiger partial charge in [0.05, 0.1) is 24.5 Å². The average molecular weight is 401 g/mol. The van der Waals surface area contributed by atoms with E-state index < -0.39 is 0 Å². The zero-order valence-corrected chi connectivity index (χ0v) is 16.8. The summed E-state index contributed by atoms with van der Waals surface area (Å²) in [6, 6.07) is 16.3. The molecule has 0 spiro atoms. The van der Waals surface area contributed by atoms with E-state index in [9.17, 15) is 4.79 Å². The third kappa shape index (κ3) is 3.32. The molecule has 0 fully saturated rings. The van der Waals surface area contributed by atoms with Gasteiger partial charge in [0.15, 0.2) is 0 Å². The van der Waals surface area contributed by atoms with Gasteiger partial charge in [0, 0.05) is 28.9 Å². The van der Waals surface area contributed by atoms with Crippen LogP contribution in [-0.4, -0.2) is 25.2 Å². The molecular weight excluding hydrogens is 380 g/mol. The van der Waals surface area contributed by atoms with Crippen molar-refractivity contribution in [2.75, 3.05) is 0 Å². The summed E-state index contributed by atoms with van der Waals surface area (Å²) in [6.07, 6.45) is 7.57. The van der Waals surface area contributed by atoms with E-state index >= 15 is 0 Å². The van der Waals surface area contributed by atoms with Gasteiger partial charge in [0.25, 0.3) is 0 Å². The summed E-state index contributed by atoms with van der Waals surface area (Å²) < 4.78 is 4.06. The van der Waals surface area contributed by atoms with Crippen LogP contribution in [0.25, 0.3) is 17.6 Å². The van der Waals surface area contributed by atoms with Crippen molar-refractivity contribution >= 4 is 23.3 Å². The van der Waals surface area contributed by atoms with Crippen molar-refractivity contribution in [1.82, 2.24) is 19.2 Å². The van der Waals surface area contributed by atoms with Gasteiger partial charge in [0.2, 0.25) is 5.91 Å². The Morgan fingerprint density at radius 2 is 1.97 bits per heavy atom. The summed E-state index contributed by atoms with van der Waals surface area (Å²) in [4.78, 5) is 15.6. The number of hydrogen-bond donors (Lipinski definition) is 0. The van der Waals surface area contributed by atoms with E-state index in [2.05, 4.69) is 29.7 Å². The molecule has 0 N–H and O–H groups in total.